The summed E-state index contributed by atoms with van der Waals surface area (Å²) in [6.07, 6.45) is 4.02. The van der Waals surface area contributed by atoms with Gasteiger partial charge in [-0.05, 0) is 12.1 Å². The summed E-state index contributed by atoms with van der Waals surface area (Å²) in [5, 5.41) is 2.76. The maximum absolute atomic E-state index is 11.7. The Hall–Kier alpha value is -2.41. The normalized spacial score (nSPS) is 10.1. The Labute approximate surface area is 127 Å². The Morgan fingerprint density at radius 1 is 1.43 bits per heavy atom. The molecule has 4 N–H and O–H groups in total. The molecular formula is C14H16N4O2S. The Morgan fingerprint density at radius 3 is 2.95 bits per heavy atom. The number of nitrogens with one attached hydrogen (secondary N) is 2. The fourth-order valence-electron chi connectivity index (χ4n) is 1.75. The van der Waals surface area contributed by atoms with Crippen LogP contribution >= 0.6 is 12.2 Å². The van der Waals surface area contributed by atoms with Crippen molar-refractivity contribution in [1.82, 2.24) is 15.3 Å². The fourth-order valence-corrected chi connectivity index (χ4v) is 1.92. The zero-order valence-corrected chi connectivity index (χ0v) is 12.2. The molecule has 0 bridgehead atoms. The molecule has 0 fully saturated rings. The van der Waals surface area contributed by atoms with E-state index in [1.165, 1.54) is 0 Å². The SMILES string of the molecule is NC(=S)c1ccccc1OCC(=O)NCCc1cnc[nH]1. The lowest BCUT2D eigenvalue weighted by atomic mass is 10.2. The second-order valence-electron chi connectivity index (χ2n) is 4.33. The molecule has 21 heavy (non-hydrogen) atoms. The summed E-state index contributed by atoms with van der Waals surface area (Å²) in [5.41, 5.74) is 7.19. The van der Waals surface area contributed by atoms with Crippen LogP contribution in [0.5, 0.6) is 5.75 Å². The largest absolute Gasteiger partial charge is 0.483 e. The van der Waals surface area contributed by atoms with Crippen LogP contribution in [-0.4, -0.2) is 34.0 Å². The number of imidazole rings is 1. The molecule has 0 saturated heterocycles. The number of aromatic nitrogens is 2. The van der Waals surface area contributed by atoms with Crippen molar-refractivity contribution in [3.05, 3.63) is 48.0 Å². The van der Waals surface area contributed by atoms with Crippen molar-refractivity contribution in [2.24, 2.45) is 5.73 Å². The van der Waals surface area contributed by atoms with E-state index in [4.69, 9.17) is 22.7 Å². The molecule has 7 heteroatoms. The van der Waals surface area contributed by atoms with Crippen molar-refractivity contribution in [2.45, 2.75) is 6.42 Å². The van der Waals surface area contributed by atoms with Gasteiger partial charge in [0.05, 0.1) is 11.9 Å². The van der Waals surface area contributed by atoms with E-state index in [1.807, 2.05) is 6.07 Å². The van der Waals surface area contributed by atoms with Gasteiger partial charge >= 0.3 is 0 Å². The first-order chi connectivity index (χ1) is 10.2. The van der Waals surface area contributed by atoms with Crippen LogP contribution in [0.1, 0.15) is 11.3 Å². The molecular weight excluding hydrogens is 288 g/mol. The van der Waals surface area contributed by atoms with Crippen LogP contribution in [0.15, 0.2) is 36.8 Å². The minimum absolute atomic E-state index is 0.0808. The summed E-state index contributed by atoms with van der Waals surface area (Å²) in [6.45, 7) is 0.434. The van der Waals surface area contributed by atoms with Gasteiger partial charge in [0, 0.05) is 24.9 Å². The number of amides is 1. The first-order valence-electron chi connectivity index (χ1n) is 6.42. The predicted octanol–water partition coefficient (Wildman–Crippen LogP) is 0.782. The summed E-state index contributed by atoms with van der Waals surface area (Å²) in [6, 6.07) is 7.10. The molecule has 0 unspecified atom stereocenters. The second-order valence-corrected chi connectivity index (χ2v) is 4.77. The molecule has 0 saturated carbocycles. The highest BCUT2D eigenvalue weighted by Gasteiger charge is 2.08. The van der Waals surface area contributed by atoms with Gasteiger partial charge in [-0.3, -0.25) is 4.79 Å². The third-order valence-electron chi connectivity index (χ3n) is 2.78. The van der Waals surface area contributed by atoms with Gasteiger partial charge in [0.2, 0.25) is 0 Å². The number of ether oxygens (including phenoxy) is 1. The quantitative estimate of drug-likeness (QED) is 0.657. The van der Waals surface area contributed by atoms with E-state index in [-0.39, 0.29) is 17.5 Å². The van der Waals surface area contributed by atoms with Crippen LogP contribution < -0.4 is 15.8 Å². The Balaban J connectivity index is 1.77. The number of nitrogens with two attached hydrogens (primary N) is 1. The maximum atomic E-state index is 11.7. The van der Waals surface area contributed by atoms with E-state index in [0.717, 1.165) is 5.69 Å². The minimum atomic E-state index is -0.202. The topological polar surface area (TPSA) is 93.0 Å². The number of nitrogens with zero attached hydrogens (tertiary/aromatic N) is 1. The van der Waals surface area contributed by atoms with Crippen molar-refractivity contribution in [3.63, 3.8) is 0 Å². The highest BCUT2D eigenvalue weighted by Crippen LogP contribution is 2.17. The fraction of sp³-hybridized carbons (Fsp3) is 0.214. The van der Waals surface area contributed by atoms with Crippen LogP contribution in [0, 0.1) is 0 Å². The molecule has 0 radical (unpaired) electrons. The summed E-state index contributed by atoms with van der Waals surface area (Å²) >= 11 is 4.93. The molecule has 1 aromatic heterocycles. The van der Waals surface area contributed by atoms with Crippen molar-refractivity contribution in [1.29, 1.82) is 0 Å². The summed E-state index contributed by atoms with van der Waals surface area (Å²) in [7, 11) is 0. The number of rotatable bonds is 7. The van der Waals surface area contributed by atoms with Crippen LogP contribution in [0.25, 0.3) is 0 Å². The number of carbonyl (C=O) groups is 1. The van der Waals surface area contributed by atoms with E-state index < -0.39 is 0 Å². The molecule has 6 nitrogen and oxygen atoms in total. The maximum Gasteiger partial charge on any atom is 0.257 e. The summed E-state index contributed by atoms with van der Waals surface area (Å²) in [5.74, 6) is 0.306. The number of thiocarbonyl (C=S) groups is 1. The molecule has 2 rings (SSSR count). The van der Waals surface area contributed by atoms with E-state index >= 15 is 0 Å². The van der Waals surface area contributed by atoms with Crippen molar-refractivity contribution in [2.75, 3.05) is 13.2 Å². The van der Waals surface area contributed by atoms with Crippen molar-refractivity contribution >= 4 is 23.1 Å². The first-order valence-corrected chi connectivity index (χ1v) is 6.83. The number of carbonyl (C=O) groups excluding carboxylic acids is 1. The van der Waals surface area contributed by atoms with Crippen LogP contribution in [0.2, 0.25) is 0 Å². The number of hydrogen-bond acceptors (Lipinski definition) is 4. The van der Waals surface area contributed by atoms with Gasteiger partial charge in [-0.25, -0.2) is 4.98 Å². The van der Waals surface area contributed by atoms with Gasteiger partial charge in [0.1, 0.15) is 10.7 Å². The van der Waals surface area contributed by atoms with Crippen LogP contribution in [0.3, 0.4) is 0 Å². The summed E-state index contributed by atoms with van der Waals surface area (Å²) < 4.78 is 5.45. The van der Waals surface area contributed by atoms with E-state index in [2.05, 4.69) is 15.3 Å². The zero-order valence-electron chi connectivity index (χ0n) is 11.3. The van der Waals surface area contributed by atoms with Gasteiger partial charge in [-0.2, -0.15) is 0 Å². The van der Waals surface area contributed by atoms with Gasteiger partial charge in [0.15, 0.2) is 6.61 Å². The number of H-pyrrole nitrogens is 1. The monoisotopic (exact) mass is 304 g/mol. The Kier molecular flexibility index (Phi) is 5.28. The molecule has 0 aliphatic carbocycles. The first kappa shape index (κ1) is 15.0. The molecule has 1 heterocycles. The minimum Gasteiger partial charge on any atom is -0.483 e. The van der Waals surface area contributed by atoms with Gasteiger partial charge in [-0.15, -0.1) is 0 Å². The van der Waals surface area contributed by atoms with Crippen LogP contribution in [0.4, 0.5) is 0 Å². The predicted molar refractivity (Wildman–Crippen MR) is 83.1 cm³/mol. The molecule has 0 spiro atoms. The number of para-hydroxylation sites is 1. The van der Waals surface area contributed by atoms with E-state index in [1.54, 1.807) is 30.7 Å². The third kappa shape index (κ3) is 4.57. The molecule has 1 amide bonds. The highest BCUT2D eigenvalue weighted by atomic mass is 32.1. The lowest BCUT2D eigenvalue weighted by Crippen LogP contribution is -2.31. The van der Waals surface area contributed by atoms with Crippen molar-refractivity contribution < 1.29 is 9.53 Å². The van der Waals surface area contributed by atoms with Crippen molar-refractivity contribution in [3.8, 4) is 5.75 Å². The molecule has 0 atom stereocenters. The van der Waals surface area contributed by atoms with Gasteiger partial charge in [0.25, 0.3) is 5.91 Å². The average molecular weight is 304 g/mol. The lowest BCUT2D eigenvalue weighted by molar-refractivity contribution is -0.123. The Bertz CT molecular complexity index is 613. The average Bonchev–Trinajstić information content (AvgIpc) is 2.98. The third-order valence-corrected chi connectivity index (χ3v) is 3.00. The van der Waals surface area contributed by atoms with E-state index in [0.29, 0.717) is 24.3 Å². The second kappa shape index (κ2) is 7.39. The molecule has 0 aliphatic heterocycles. The molecule has 1 aromatic carbocycles. The highest BCUT2D eigenvalue weighted by molar-refractivity contribution is 7.80. The van der Waals surface area contributed by atoms with E-state index in [9.17, 15) is 4.79 Å². The van der Waals surface area contributed by atoms with Crippen LogP contribution in [-0.2, 0) is 11.2 Å². The summed E-state index contributed by atoms with van der Waals surface area (Å²) in [4.78, 5) is 18.8. The standard InChI is InChI=1S/C14H16N4O2S/c15-14(21)11-3-1-2-4-12(11)20-8-13(19)17-6-5-10-7-16-9-18-10/h1-4,7,9H,5-6,8H2,(H2,15,21)(H,16,18)(H,17,19). The van der Waals surface area contributed by atoms with Gasteiger partial charge in [-0.1, -0.05) is 24.4 Å². The molecule has 0 aliphatic rings. The zero-order chi connectivity index (χ0) is 15.1. The number of benzene rings is 1. The van der Waals surface area contributed by atoms with Gasteiger partial charge < -0.3 is 20.8 Å². The Morgan fingerprint density at radius 2 is 2.24 bits per heavy atom. The molecule has 110 valence electrons. The smallest absolute Gasteiger partial charge is 0.257 e. The molecule has 2 aromatic rings. The number of aromatic amines is 1. The lowest BCUT2D eigenvalue weighted by Gasteiger charge is -2.10. The number of hydrogen-bond donors (Lipinski definition) is 3.